The quantitative estimate of drug-likeness (QED) is 0.793. The largest absolute Gasteiger partial charge is 0.461 e. The first-order valence-electron chi connectivity index (χ1n) is 6.90. The number of furan rings is 1. The molecule has 0 saturated carbocycles. The molecule has 0 aliphatic heterocycles. The van der Waals surface area contributed by atoms with Gasteiger partial charge < -0.3 is 9.52 Å². The second-order valence-electron chi connectivity index (χ2n) is 5.05. The van der Waals surface area contributed by atoms with Crippen LogP contribution in [-0.2, 0) is 19.4 Å². The fourth-order valence-corrected chi connectivity index (χ4v) is 2.37. The van der Waals surface area contributed by atoms with Gasteiger partial charge in [-0.2, -0.15) is 5.26 Å². The molecular weight excluding hydrogens is 262 g/mol. The van der Waals surface area contributed by atoms with Crippen molar-refractivity contribution in [1.82, 2.24) is 0 Å². The summed E-state index contributed by atoms with van der Waals surface area (Å²) in [5.74, 6) is 0.923. The van der Waals surface area contributed by atoms with Crippen molar-refractivity contribution in [2.45, 2.75) is 19.4 Å². The Kier molecular flexibility index (Phi) is 3.72. The van der Waals surface area contributed by atoms with Gasteiger partial charge in [0.25, 0.3) is 0 Å². The maximum absolute atomic E-state index is 9.02. The van der Waals surface area contributed by atoms with Crippen LogP contribution in [0.3, 0.4) is 0 Å². The van der Waals surface area contributed by atoms with Gasteiger partial charge in [-0.1, -0.05) is 24.3 Å². The molecule has 0 amide bonds. The van der Waals surface area contributed by atoms with E-state index in [-0.39, 0.29) is 6.61 Å². The summed E-state index contributed by atoms with van der Waals surface area (Å²) in [6, 6.07) is 17.5. The number of hydrogen-bond donors (Lipinski definition) is 1. The molecule has 0 spiro atoms. The predicted octanol–water partition coefficient (Wildman–Crippen LogP) is 3.58. The van der Waals surface area contributed by atoms with Crippen LogP contribution >= 0.6 is 0 Å². The minimum atomic E-state index is 0.0745. The number of nitriles is 1. The summed E-state index contributed by atoms with van der Waals surface area (Å²) in [4.78, 5) is 0. The van der Waals surface area contributed by atoms with E-state index in [1.54, 1.807) is 6.07 Å². The lowest BCUT2D eigenvalue weighted by molar-refractivity contribution is 0.282. The van der Waals surface area contributed by atoms with Gasteiger partial charge in [-0.25, -0.2) is 0 Å². The molecule has 0 saturated heterocycles. The molecule has 2 aromatic carbocycles. The van der Waals surface area contributed by atoms with E-state index in [1.165, 1.54) is 5.56 Å². The molecule has 104 valence electrons. The fourth-order valence-electron chi connectivity index (χ4n) is 2.37. The lowest BCUT2D eigenvalue weighted by Gasteiger charge is -2.01. The van der Waals surface area contributed by atoms with Gasteiger partial charge in [0.1, 0.15) is 11.3 Å². The monoisotopic (exact) mass is 277 g/mol. The van der Waals surface area contributed by atoms with Crippen LogP contribution in [0.2, 0.25) is 0 Å². The van der Waals surface area contributed by atoms with Crippen molar-refractivity contribution >= 4 is 11.0 Å². The zero-order valence-electron chi connectivity index (χ0n) is 11.5. The third kappa shape index (κ3) is 2.96. The minimum Gasteiger partial charge on any atom is -0.461 e. The van der Waals surface area contributed by atoms with Crippen molar-refractivity contribution in [3.05, 3.63) is 71.0 Å². The Labute approximate surface area is 123 Å². The number of aliphatic hydroxyl groups excluding tert-OH is 1. The zero-order chi connectivity index (χ0) is 14.7. The molecule has 3 heteroatoms. The van der Waals surface area contributed by atoms with E-state index in [9.17, 15) is 0 Å². The van der Waals surface area contributed by atoms with Crippen LogP contribution in [0.1, 0.15) is 22.5 Å². The van der Waals surface area contributed by atoms with Gasteiger partial charge in [-0.05, 0) is 41.8 Å². The number of fused-ring (bicyclic) bond motifs is 1. The average Bonchev–Trinajstić information content (AvgIpc) is 2.95. The van der Waals surface area contributed by atoms with Crippen LogP contribution in [0, 0.1) is 11.3 Å². The van der Waals surface area contributed by atoms with E-state index in [2.05, 4.69) is 6.07 Å². The molecule has 1 N–H and O–H groups in total. The van der Waals surface area contributed by atoms with Gasteiger partial charge in [0.15, 0.2) is 0 Å². The summed E-state index contributed by atoms with van der Waals surface area (Å²) < 4.78 is 5.78. The second kappa shape index (κ2) is 5.82. The first kappa shape index (κ1) is 13.4. The normalized spacial score (nSPS) is 10.7. The summed E-state index contributed by atoms with van der Waals surface area (Å²) in [6.45, 7) is 0.0745. The number of aliphatic hydroxyl groups is 1. The molecule has 0 aliphatic rings. The first-order chi connectivity index (χ1) is 10.3. The SMILES string of the molecule is N#Cc1ccc2oc(CCc3ccc(CO)cc3)cc2c1. The maximum atomic E-state index is 9.02. The van der Waals surface area contributed by atoms with Gasteiger partial charge in [0.2, 0.25) is 0 Å². The highest BCUT2D eigenvalue weighted by Crippen LogP contribution is 2.21. The molecular formula is C18H15NO2. The molecule has 21 heavy (non-hydrogen) atoms. The highest BCUT2D eigenvalue weighted by Gasteiger charge is 2.05. The number of hydrogen-bond acceptors (Lipinski definition) is 3. The highest BCUT2D eigenvalue weighted by atomic mass is 16.3. The third-order valence-electron chi connectivity index (χ3n) is 3.56. The smallest absolute Gasteiger partial charge is 0.134 e. The predicted molar refractivity (Wildman–Crippen MR) is 80.7 cm³/mol. The number of rotatable bonds is 4. The summed E-state index contributed by atoms with van der Waals surface area (Å²) in [5.41, 5.74) is 3.60. The molecule has 3 nitrogen and oxygen atoms in total. The lowest BCUT2D eigenvalue weighted by atomic mass is 10.1. The van der Waals surface area contributed by atoms with Crippen molar-refractivity contribution in [1.29, 1.82) is 5.26 Å². The Morgan fingerprint density at radius 2 is 1.71 bits per heavy atom. The fraction of sp³-hybridized carbons (Fsp3) is 0.167. The Balaban J connectivity index is 1.74. The van der Waals surface area contributed by atoms with E-state index in [4.69, 9.17) is 14.8 Å². The number of aryl methyl sites for hydroxylation is 2. The van der Waals surface area contributed by atoms with E-state index in [1.807, 2.05) is 42.5 Å². The van der Waals surface area contributed by atoms with Crippen molar-refractivity contribution in [3.8, 4) is 6.07 Å². The zero-order valence-corrected chi connectivity index (χ0v) is 11.5. The molecule has 1 heterocycles. The maximum Gasteiger partial charge on any atom is 0.134 e. The van der Waals surface area contributed by atoms with Gasteiger partial charge in [-0.15, -0.1) is 0 Å². The number of nitrogens with zero attached hydrogens (tertiary/aromatic N) is 1. The second-order valence-corrected chi connectivity index (χ2v) is 5.05. The molecule has 3 rings (SSSR count). The first-order valence-corrected chi connectivity index (χ1v) is 6.90. The number of benzene rings is 2. The van der Waals surface area contributed by atoms with Crippen LogP contribution < -0.4 is 0 Å². The molecule has 0 bridgehead atoms. The van der Waals surface area contributed by atoms with E-state index < -0.39 is 0 Å². The summed E-state index contributed by atoms with van der Waals surface area (Å²) in [6.07, 6.45) is 1.70. The molecule has 1 aromatic heterocycles. The Morgan fingerprint density at radius 3 is 2.43 bits per heavy atom. The molecule has 0 fully saturated rings. The van der Waals surface area contributed by atoms with Crippen LogP contribution in [0.15, 0.2) is 52.9 Å². The summed E-state index contributed by atoms with van der Waals surface area (Å²) in [5, 5.41) is 18.9. The van der Waals surface area contributed by atoms with Gasteiger partial charge >= 0.3 is 0 Å². The van der Waals surface area contributed by atoms with Gasteiger partial charge in [0, 0.05) is 11.8 Å². The van der Waals surface area contributed by atoms with E-state index in [0.717, 1.165) is 35.1 Å². The van der Waals surface area contributed by atoms with Gasteiger partial charge in [0.05, 0.1) is 18.2 Å². The van der Waals surface area contributed by atoms with Crippen molar-refractivity contribution in [2.24, 2.45) is 0 Å². The van der Waals surface area contributed by atoms with Crippen molar-refractivity contribution < 1.29 is 9.52 Å². The van der Waals surface area contributed by atoms with Crippen LogP contribution in [0.25, 0.3) is 11.0 Å². The Bertz CT molecular complexity index is 794. The molecule has 0 atom stereocenters. The van der Waals surface area contributed by atoms with Crippen molar-refractivity contribution in [3.63, 3.8) is 0 Å². The Morgan fingerprint density at radius 1 is 0.952 bits per heavy atom. The van der Waals surface area contributed by atoms with Gasteiger partial charge in [-0.3, -0.25) is 0 Å². The van der Waals surface area contributed by atoms with E-state index >= 15 is 0 Å². The Hall–Kier alpha value is -2.57. The minimum absolute atomic E-state index is 0.0745. The van der Waals surface area contributed by atoms with Crippen LogP contribution in [-0.4, -0.2) is 5.11 Å². The topological polar surface area (TPSA) is 57.2 Å². The summed E-state index contributed by atoms with van der Waals surface area (Å²) in [7, 11) is 0. The molecule has 0 radical (unpaired) electrons. The highest BCUT2D eigenvalue weighted by molar-refractivity contribution is 5.79. The summed E-state index contributed by atoms with van der Waals surface area (Å²) >= 11 is 0. The molecule has 3 aromatic rings. The molecule has 0 aliphatic carbocycles. The van der Waals surface area contributed by atoms with Crippen molar-refractivity contribution in [2.75, 3.05) is 0 Å². The average molecular weight is 277 g/mol. The third-order valence-corrected chi connectivity index (χ3v) is 3.56. The van der Waals surface area contributed by atoms with Crippen LogP contribution in [0.5, 0.6) is 0 Å². The standard InChI is InChI=1S/C18H15NO2/c19-11-15-6-8-18-16(9-15)10-17(21-18)7-5-13-1-3-14(12-20)4-2-13/h1-4,6,8-10,20H,5,7,12H2. The van der Waals surface area contributed by atoms with Crippen LogP contribution in [0.4, 0.5) is 0 Å². The van der Waals surface area contributed by atoms with E-state index in [0.29, 0.717) is 5.56 Å². The molecule has 0 unspecified atom stereocenters. The lowest BCUT2D eigenvalue weighted by Crippen LogP contribution is -1.90.